The van der Waals surface area contributed by atoms with Gasteiger partial charge in [0.2, 0.25) is 5.69 Å². The first-order chi connectivity index (χ1) is 14.8. The number of allylic oxidation sites excluding steroid dienone is 1. The van der Waals surface area contributed by atoms with Gasteiger partial charge in [-0.2, -0.15) is 4.57 Å². The summed E-state index contributed by atoms with van der Waals surface area (Å²) < 4.78 is 2.39. The van der Waals surface area contributed by atoms with Crippen LogP contribution in [0.2, 0.25) is 0 Å². The van der Waals surface area contributed by atoms with E-state index in [9.17, 15) is 0 Å². The number of hydrogen-bond donors (Lipinski definition) is 0. The van der Waals surface area contributed by atoms with E-state index >= 15 is 0 Å². The topological polar surface area (TPSA) is 16.8 Å². The van der Waals surface area contributed by atoms with Crippen molar-refractivity contribution in [3.05, 3.63) is 109 Å². The third kappa shape index (κ3) is 2.88. The van der Waals surface area contributed by atoms with Crippen LogP contribution in [0.3, 0.4) is 0 Å². The summed E-state index contributed by atoms with van der Waals surface area (Å²) in [5.74, 6) is 0. The predicted octanol–water partition coefficient (Wildman–Crippen LogP) is 6.22. The Labute approximate surface area is 178 Å². The monoisotopic (exact) mass is 389 g/mol. The average molecular weight is 390 g/mol. The smallest absolute Gasteiger partial charge is 0.234 e. The van der Waals surface area contributed by atoms with E-state index in [0.29, 0.717) is 0 Å². The van der Waals surface area contributed by atoms with Crippen LogP contribution in [0.5, 0.6) is 0 Å². The van der Waals surface area contributed by atoms with E-state index in [1.54, 1.807) is 0 Å². The van der Waals surface area contributed by atoms with Crippen LogP contribution in [0.25, 0.3) is 33.8 Å². The molecule has 0 saturated carbocycles. The van der Waals surface area contributed by atoms with E-state index < -0.39 is 0 Å². The van der Waals surface area contributed by atoms with Gasteiger partial charge in [-0.05, 0) is 18.1 Å². The van der Waals surface area contributed by atoms with Gasteiger partial charge < -0.3 is 0 Å². The molecule has 1 atom stereocenters. The molecular formula is C28H25N2+. The zero-order valence-corrected chi connectivity index (χ0v) is 17.3. The van der Waals surface area contributed by atoms with Gasteiger partial charge in [0.05, 0.1) is 11.0 Å². The maximum absolute atomic E-state index is 5.18. The van der Waals surface area contributed by atoms with Crippen molar-refractivity contribution in [1.82, 2.24) is 4.98 Å². The van der Waals surface area contributed by atoms with Crippen LogP contribution in [-0.2, 0) is 12.0 Å². The fraction of sp³-hybridized carbons (Fsp3) is 0.143. The Morgan fingerprint density at radius 3 is 2.20 bits per heavy atom. The number of nitrogens with zero attached hydrogens (tertiary/aromatic N) is 2. The highest BCUT2D eigenvalue weighted by atomic mass is 15.0. The first-order valence-corrected chi connectivity index (χ1v) is 10.5. The van der Waals surface area contributed by atoms with Crippen LogP contribution >= 0.6 is 0 Å². The van der Waals surface area contributed by atoms with Gasteiger partial charge in [0.1, 0.15) is 11.4 Å². The Balaban J connectivity index is 1.85. The van der Waals surface area contributed by atoms with Crippen molar-refractivity contribution in [2.45, 2.75) is 25.3 Å². The molecule has 30 heavy (non-hydrogen) atoms. The molecule has 0 bridgehead atoms. The molecule has 0 saturated heterocycles. The summed E-state index contributed by atoms with van der Waals surface area (Å²) in [6, 6.07) is 29.7. The standard InChI is InChI=1S/C28H25N2/c1-3-28(4-2)20-30-19-25(21-13-7-5-8-14-21)29-26(22-15-9-6-10-16-22)27(30)23-17-11-12-18-24(23)28/h3,5-19H,1,4,20H2,2H3/q+1. The molecule has 1 aliphatic rings. The molecule has 0 aliphatic carbocycles. The Bertz CT molecular complexity index is 1210. The molecule has 5 rings (SSSR count). The molecule has 2 nitrogen and oxygen atoms in total. The third-order valence-electron chi connectivity index (χ3n) is 6.33. The van der Waals surface area contributed by atoms with Gasteiger partial charge >= 0.3 is 0 Å². The minimum Gasteiger partial charge on any atom is -0.234 e. The van der Waals surface area contributed by atoms with Crippen molar-refractivity contribution < 1.29 is 4.57 Å². The van der Waals surface area contributed by atoms with Gasteiger partial charge in [0.15, 0.2) is 12.7 Å². The Kier molecular flexibility index (Phi) is 4.55. The van der Waals surface area contributed by atoms with Crippen LogP contribution in [0.4, 0.5) is 0 Å². The minimum absolute atomic E-state index is 0.0858. The summed E-state index contributed by atoms with van der Waals surface area (Å²) in [5.41, 5.74) is 7.97. The zero-order valence-electron chi connectivity index (χ0n) is 17.3. The van der Waals surface area contributed by atoms with Crippen molar-refractivity contribution in [3.63, 3.8) is 0 Å². The van der Waals surface area contributed by atoms with Crippen molar-refractivity contribution >= 4 is 0 Å². The lowest BCUT2D eigenvalue weighted by molar-refractivity contribution is -0.694. The predicted molar refractivity (Wildman–Crippen MR) is 123 cm³/mol. The molecule has 1 aromatic heterocycles. The fourth-order valence-electron chi connectivity index (χ4n) is 4.64. The van der Waals surface area contributed by atoms with Gasteiger partial charge in [0, 0.05) is 11.1 Å². The summed E-state index contributed by atoms with van der Waals surface area (Å²) in [6.45, 7) is 7.35. The number of hydrogen-bond acceptors (Lipinski definition) is 1. The molecule has 2 heteroatoms. The molecule has 0 fully saturated rings. The molecule has 3 aromatic carbocycles. The quantitative estimate of drug-likeness (QED) is 0.299. The van der Waals surface area contributed by atoms with Crippen LogP contribution in [0, 0.1) is 0 Å². The van der Waals surface area contributed by atoms with Gasteiger partial charge in [-0.1, -0.05) is 91.9 Å². The summed E-state index contributed by atoms with van der Waals surface area (Å²) in [4.78, 5) is 5.18. The third-order valence-corrected chi connectivity index (χ3v) is 6.33. The highest BCUT2D eigenvalue weighted by Crippen LogP contribution is 2.42. The van der Waals surface area contributed by atoms with Crippen molar-refractivity contribution in [2.75, 3.05) is 0 Å². The summed E-state index contributed by atoms with van der Waals surface area (Å²) in [6.07, 6.45) is 5.34. The number of fused-ring (bicyclic) bond motifs is 3. The largest absolute Gasteiger partial charge is 0.239 e. The second kappa shape index (κ2) is 7.38. The van der Waals surface area contributed by atoms with Crippen molar-refractivity contribution in [3.8, 4) is 33.8 Å². The molecule has 2 heterocycles. The number of aromatic nitrogens is 2. The van der Waals surface area contributed by atoms with Crippen LogP contribution < -0.4 is 4.57 Å². The summed E-state index contributed by atoms with van der Waals surface area (Å²) in [5, 5.41) is 0. The fourth-order valence-corrected chi connectivity index (χ4v) is 4.64. The van der Waals surface area contributed by atoms with E-state index in [-0.39, 0.29) is 5.41 Å². The second-order valence-electron chi connectivity index (χ2n) is 7.94. The van der Waals surface area contributed by atoms with Gasteiger partial charge in [-0.3, -0.25) is 0 Å². The van der Waals surface area contributed by atoms with E-state index in [0.717, 1.165) is 35.5 Å². The van der Waals surface area contributed by atoms with Crippen molar-refractivity contribution in [1.29, 1.82) is 0 Å². The number of rotatable bonds is 4. The van der Waals surface area contributed by atoms with E-state index in [1.807, 2.05) is 6.07 Å². The van der Waals surface area contributed by atoms with Crippen LogP contribution in [-0.4, -0.2) is 4.98 Å². The SMILES string of the molecule is C=CC1(CC)C[n+]2cc(-c3ccccc3)nc(-c3ccccc3)c2-c2ccccc21. The molecule has 146 valence electrons. The molecule has 1 unspecified atom stereocenters. The first kappa shape index (κ1) is 18.5. The molecule has 0 radical (unpaired) electrons. The molecule has 0 spiro atoms. The zero-order chi connectivity index (χ0) is 20.6. The molecule has 4 aromatic rings. The van der Waals surface area contributed by atoms with Crippen LogP contribution in [0.15, 0.2) is 104 Å². The lowest BCUT2D eigenvalue weighted by Gasteiger charge is -2.33. The van der Waals surface area contributed by atoms with Crippen molar-refractivity contribution in [2.24, 2.45) is 0 Å². The van der Waals surface area contributed by atoms with E-state index in [1.165, 1.54) is 16.8 Å². The average Bonchev–Trinajstić information content (AvgIpc) is 2.84. The first-order valence-electron chi connectivity index (χ1n) is 10.5. The lowest BCUT2D eigenvalue weighted by Crippen LogP contribution is -2.50. The van der Waals surface area contributed by atoms with E-state index in [4.69, 9.17) is 4.98 Å². The Morgan fingerprint density at radius 1 is 0.900 bits per heavy atom. The van der Waals surface area contributed by atoms with Gasteiger partial charge in [-0.25, -0.2) is 4.98 Å². The van der Waals surface area contributed by atoms with Gasteiger partial charge in [-0.15, -0.1) is 6.58 Å². The summed E-state index contributed by atoms with van der Waals surface area (Å²) in [7, 11) is 0. The Hall–Kier alpha value is -3.52. The second-order valence-corrected chi connectivity index (χ2v) is 7.94. The molecule has 0 N–H and O–H groups in total. The Morgan fingerprint density at radius 2 is 1.53 bits per heavy atom. The molecular weight excluding hydrogens is 364 g/mol. The lowest BCUT2D eigenvalue weighted by atomic mass is 9.72. The molecule has 1 aliphatic heterocycles. The van der Waals surface area contributed by atoms with Crippen LogP contribution in [0.1, 0.15) is 18.9 Å². The van der Waals surface area contributed by atoms with E-state index in [2.05, 4.69) is 109 Å². The molecule has 0 amide bonds. The normalized spacial score (nSPS) is 17.1. The number of benzene rings is 3. The summed E-state index contributed by atoms with van der Waals surface area (Å²) >= 11 is 0. The van der Waals surface area contributed by atoms with Gasteiger partial charge in [0.25, 0.3) is 0 Å². The maximum atomic E-state index is 5.18. The minimum atomic E-state index is -0.0858. The maximum Gasteiger partial charge on any atom is 0.239 e. The highest BCUT2D eigenvalue weighted by molar-refractivity contribution is 5.80. The highest BCUT2D eigenvalue weighted by Gasteiger charge is 2.42.